The summed E-state index contributed by atoms with van der Waals surface area (Å²) in [5.74, 6) is -0.0170. The molecule has 0 saturated carbocycles. The number of benzene rings is 2. The largest absolute Gasteiger partial charge is 0.493 e. The van der Waals surface area contributed by atoms with E-state index in [0.29, 0.717) is 24.5 Å². The lowest BCUT2D eigenvalue weighted by Gasteiger charge is -2.33. The van der Waals surface area contributed by atoms with Crippen molar-refractivity contribution in [3.63, 3.8) is 0 Å². The first-order chi connectivity index (χ1) is 16.6. The Balaban J connectivity index is 2.49. The van der Waals surface area contributed by atoms with E-state index >= 15 is 0 Å². The van der Waals surface area contributed by atoms with Gasteiger partial charge in [0.2, 0.25) is 21.8 Å². The molecule has 0 aliphatic rings. The molecular weight excluding hydrogens is 470 g/mol. The van der Waals surface area contributed by atoms with Crippen molar-refractivity contribution in [1.29, 1.82) is 0 Å². The van der Waals surface area contributed by atoms with Crippen LogP contribution >= 0.6 is 0 Å². The smallest absolute Gasteiger partial charge is 0.244 e. The van der Waals surface area contributed by atoms with Gasteiger partial charge in [-0.3, -0.25) is 13.9 Å². The number of hydrogen-bond acceptors (Lipinski definition) is 6. The minimum Gasteiger partial charge on any atom is -0.493 e. The highest BCUT2D eigenvalue weighted by molar-refractivity contribution is 7.92. The second kappa shape index (κ2) is 12.4. The standard InChI is InChI=1S/C25H35N3O6S/c1-7-21(25(30)26-8-2)27(16-19-12-10-9-11-18(19)3)24(29)17-28(35(6,31)32)20-13-14-22(33-4)23(15-20)34-5/h9-15,21H,7-8,16-17H2,1-6H3,(H,26,30). The molecule has 9 nitrogen and oxygen atoms in total. The summed E-state index contributed by atoms with van der Waals surface area (Å²) in [7, 11) is -0.925. The first-order valence-electron chi connectivity index (χ1n) is 11.4. The van der Waals surface area contributed by atoms with Crippen molar-refractivity contribution in [3.8, 4) is 11.5 Å². The van der Waals surface area contributed by atoms with Crippen LogP contribution in [-0.4, -0.2) is 64.7 Å². The van der Waals surface area contributed by atoms with E-state index in [0.717, 1.165) is 21.7 Å². The maximum atomic E-state index is 13.7. The Morgan fingerprint density at radius 1 is 1.03 bits per heavy atom. The summed E-state index contributed by atoms with van der Waals surface area (Å²) in [6.07, 6.45) is 1.41. The van der Waals surface area contributed by atoms with Crippen LogP contribution in [0.4, 0.5) is 5.69 Å². The van der Waals surface area contributed by atoms with Gasteiger partial charge in [-0.25, -0.2) is 8.42 Å². The average molecular weight is 506 g/mol. The Morgan fingerprint density at radius 2 is 1.69 bits per heavy atom. The summed E-state index contributed by atoms with van der Waals surface area (Å²) in [5.41, 5.74) is 2.09. The molecule has 0 aliphatic carbocycles. The lowest BCUT2D eigenvalue weighted by atomic mass is 10.1. The maximum absolute atomic E-state index is 13.7. The van der Waals surface area contributed by atoms with E-state index in [4.69, 9.17) is 9.47 Å². The number of amides is 2. The minimum atomic E-state index is -3.85. The Kier molecular flexibility index (Phi) is 9.94. The fraction of sp³-hybridized carbons (Fsp3) is 0.440. The van der Waals surface area contributed by atoms with Crippen molar-refractivity contribution < 1.29 is 27.5 Å². The van der Waals surface area contributed by atoms with Crippen molar-refractivity contribution in [2.45, 2.75) is 39.8 Å². The van der Waals surface area contributed by atoms with Crippen molar-refractivity contribution in [1.82, 2.24) is 10.2 Å². The number of aryl methyl sites for hydroxylation is 1. The second-order valence-corrected chi connectivity index (χ2v) is 9.98. The van der Waals surface area contributed by atoms with Gasteiger partial charge >= 0.3 is 0 Å². The number of nitrogens with zero attached hydrogens (tertiary/aromatic N) is 2. The topological polar surface area (TPSA) is 105 Å². The van der Waals surface area contributed by atoms with E-state index in [1.165, 1.54) is 25.2 Å². The van der Waals surface area contributed by atoms with Crippen LogP contribution in [-0.2, 0) is 26.2 Å². The molecule has 0 aliphatic heterocycles. The number of ether oxygens (including phenoxy) is 2. The lowest BCUT2D eigenvalue weighted by molar-refractivity contribution is -0.140. The van der Waals surface area contributed by atoms with Gasteiger partial charge in [-0.2, -0.15) is 0 Å². The summed E-state index contributed by atoms with van der Waals surface area (Å²) < 4.78 is 37.0. The molecule has 0 radical (unpaired) electrons. The first-order valence-corrected chi connectivity index (χ1v) is 13.2. The second-order valence-electron chi connectivity index (χ2n) is 8.08. The fourth-order valence-corrected chi connectivity index (χ4v) is 4.62. The Hall–Kier alpha value is -3.27. The minimum absolute atomic E-state index is 0.171. The van der Waals surface area contributed by atoms with Crippen LogP contribution in [0, 0.1) is 6.92 Å². The predicted molar refractivity (Wildman–Crippen MR) is 136 cm³/mol. The molecule has 2 aromatic rings. The number of likely N-dealkylation sites (N-methyl/N-ethyl adjacent to an activating group) is 1. The highest BCUT2D eigenvalue weighted by Gasteiger charge is 2.32. The summed E-state index contributed by atoms with van der Waals surface area (Å²) >= 11 is 0. The zero-order chi connectivity index (χ0) is 26.2. The molecule has 0 fully saturated rings. The van der Waals surface area contributed by atoms with E-state index in [2.05, 4.69) is 5.32 Å². The number of methoxy groups -OCH3 is 2. The van der Waals surface area contributed by atoms with Crippen LogP contribution in [0.2, 0.25) is 0 Å². The van der Waals surface area contributed by atoms with Crippen molar-refractivity contribution >= 4 is 27.5 Å². The molecule has 2 aromatic carbocycles. The SMILES string of the molecule is CCNC(=O)C(CC)N(Cc1ccccc1C)C(=O)CN(c1ccc(OC)c(OC)c1)S(C)(=O)=O. The Bertz CT molecular complexity index is 1140. The van der Waals surface area contributed by atoms with Crippen LogP contribution in [0.15, 0.2) is 42.5 Å². The summed E-state index contributed by atoms with van der Waals surface area (Å²) in [5, 5.41) is 2.78. The van der Waals surface area contributed by atoms with E-state index in [9.17, 15) is 18.0 Å². The van der Waals surface area contributed by atoms with Crippen LogP contribution < -0.4 is 19.1 Å². The third-order valence-corrected chi connectivity index (χ3v) is 6.81. The van der Waals surface area contributed by atoms with Gasteiger partial charge in [-0.15, -0.1) is 0 Å². The first kappa shape index (κ1) is 28.0. The molecular formula is C25H35N3O6S. The average Bonchev–Trinajstić information content (AvgIpc) is 2.82. The zero-order valence-corrected chi connectivity index (χ0v) is 22.0. The van der Waals surface area contributed by atoms with Crippen molar-refractivity contribution in [2.24, 2.45) is 0 Å². The number of rotatable bonds is 12. The van der Waals surface area contributed by atoms with Gasteiger partial charge in [-0.05, 0) is 43.5 Å². The van der Waals surface area contributed by atoms with E-state index in [1.54, 1.807) is 19.1 Å². The lowest BCUT2D eigenvalue weighted by Crippen LogP contribution is -2.52. The van der Waals surface area contributed by atoms with Crippen molar-refractivity contribution in [2.75, 3.05) is 37.9 Å². The molecule has 35 heavy (non-hydrogen) atoms. The van der Waals surface area contributed by atoms with Gasteiger partial charge in [-0.1, -0.05) is 31.2 Å². The monoisotopic (exact) mass is 505 g/mol. The zero-order valence-electron chi connectivity index (χ0n) is 21.2. The van der Waals surface area contributed by atoms with Gasteiger partial charge in [0.25, 0.3) is 0 Å². The van der Waals surface area contributed by atoms with Crippen LogP contribution in [0.25, 0.3) is 0 Å². The fourth-order valence-electron chi connectivity index (χ4n) is 3.78. The van der Waals surface area contributed by atoms with Crippen LogP contribution in [0.3, 0.4) is 0 Å². The van der Waals surface area contributed by atoms with Gasteiger partial charge in [0, 0.05) is 19.2 Å². The number of carbonyl (C=O) groups is 2. The molecule has 0 aromatic heterocycles. The molecule has 0 saturated heterocycles. The van der Waals surface area contributed by atoms with Gasteiger partial charge in [0.15, 0.2) is 11.5 Å². The Labute approximate surface area is 208 Å². The summed E-state index contributed by atoms with van der Waals surface area (Å²) in [4.78, 5) is 27.9. The number of anilines is 1. The number of hydrogen-bond donors (Lipinski definition) is 1. The molecule has 1 atom stereocenters. The van der Waals surface area contributed by atoms with Crippen molar-refractivity contribution in [3.05, 3.63) is 53.6 Å². The molecule has 10 heteroatoms. The molecule has 1 unspecified atom stereocenters. The van der Waals surface area contributed by atoms with Crippen LogP contribution in [0.5, 0.6) is 11.5 Å². The van der Waals surface area contributed by atoms with E-state index in [1.807, 2.05) is 38.1 Å². The van der Waals surface area contributed by atoms with Gasteiger partial charge < -0.3 is 19.7 Å². The third-order valence-electron chi connectivity index (χ3n) is 5.67. The molecule has 0 spiro atoms. The summed E-state index contributed by atoms with van der Waals surface area (Å²) in [6, 6.07) is 11.4. The quantitative estimate of drug-likeness (QED) is 0.476. The molecule has 192 valence electrons. The number of carbonyl (C=O) groups excluding carboxylic acids is 2. The van der Waals surface area contributed by atoms with Gasteiger partial charge in [0.05, 0.1) is 26.2 Å². The number of sulfonamides is 1. The predicted octanol–water partition coefficient (Wildman–Crippen LogP) is 2.72. The van der Waals surface area contributed by atoms with Crippen LogP contribution in [0.1, 0.15) is 31.4 Å². The summed E-state index contributed by atoms with van der Waals surface area (Å²) in [6.45, 7) is 5.67. The van der Waals surface area contributed by atoms with E-state index < -0.39 is 28.5 Å². The Morgan fingerprint density at radius 3 is 2.23 bits per heavy atom. The normalized spacial score (nSPS) is 11.9. The molecule has 1 N–H and O–H groups in total. The molecule has 0 bridgehead atoms. The molecule has 2 amide bonds. The molecule has 2 rings (SSSR count). The van der Waals surface area contributed by atoms with E-state index in [-0.39, 0.29) is 18.1 Å². The van der Waals surface area contributed by atoms with Gasteiger partial charge in [0.1, 0.15) is 12.6 Å². The highest BCUT2D eigenvalue weighted by atomic mass is 32.2. The molecule has 0 heterocycles. The highest BCUT2D eigenvalue weighted by Crippen LogP contribution is 2.32. The third kappa shape index (κ3) is 7.11. The number of nitrogens with one attached hydrogen (secondary N) is 1. The maximum Gasteiger partial charge on any atom is 0.244 e.